The van der Waals surface area contributed by atoms with Crippen molar-refractivity contribution < 1.29 is 9.84 Å². The van der Waals surface area contributed by atoms with E-state index in [4.69, 9.17) is 4.74 Å². The summed E-state index contributed by atoms with van der Waals surface area (Å²) >= 11 is 0. The number of ether oxygens (including phenoxy) is 1. The standard InChI is InChI=1S/C16H14N2O2/c19-15(13-9-5-2-6-10-13)18-16-17-14(11-20-16)12-7-3-1-4-8-12/h1-10,14H,11H2,(H,17,18,19)/p-1/t14-/m0/s1. The largest absolute Gasteiger partial charge is 0.858 e. The summed E-state index contributed by atoms with van der Waals surface area (Å²) in [5, 5.41) is 11.9. The highest BCUT2D eigenvalue weighted by atomic mass is 16.5. The second kappa shape index (κ2) is 5.57. The minimum atomic E-state index is -0.335. The quantitative estimate of drug-likeness (QED) is 0.615. The molecule has 0 radical (unpaired) electrons. The summed E-state index contributed by atoms with van der Waals surface area (Å²) in [4.78, 5) is 8.24. The monoisotopic (exact) mass is 265 g/mol. The summed E-state index contributed by atoms with van der Waals surface area (Å²) < 4.78 is 5.37. The SMILES string of the molecule is [O-]C(=NC1=N[C@H](c2ccccc2)CO1)c1ccccc1. The number of hydrogen-bond donors (Lipinski definition) is 0. The first kappa shape index (κ1) is 12.4. The van der Waals surface area contributed by atoms with Crippen molar-refractivity contribution >= 4 is 11.9 Å². The highest BCUT2D eigenvalue weighted by Gasteiger charge is 2.19. The fraction of sp³-hybridized carbons (Fsp3) is 0.125. The maximum absolute atomic E-state index is 11.9. The molecule has 1 atom stereocenters. The predicted octanol–water partition coefficient (Wildman–Crippen LogP) is 1.92. The van der Waals surface area contributed by atoms with Crippen LogP contribution in [-0.2, 0) is 4.74 Å². The topological polar surface area (TPSA) is 57.0 Å². The molecule has 0 unspecified atom stereocenters. The Hall–Kier alpha value is -2.62. The van der Waals surface area contributed by atoms with Crippen LogP contribution in [0.25, 0.3) is 0 Å². The normalized spacial score (nSPS) is 18.5. The van der Waals surface area contributed by atoms with Crippen LogP contribution in [0.2, 0.25) is 0 Å². The first-order valence-corrected chi connectivity index (χ1v) is 6.39. The lowest BCUT2D eigenvalue weighted by Gasteiger charge is -2.09. The van der Waals surface area contributed by atoms with Gasteiger partial charge in [0.2, 0.25) is 0 Å². The molecular weight excluding hydrogens is 252 g/mol. The number of nitrogens with zero attached hydrogens (tertiary/aromatic N) is 2. The van der Waals surface area contributed by atoms with E-state index in [2.05, 4.69) is 9.98 Å². The molecule has 0 spiro atoms. The van der Waals surface area contributed by atoms with Gasteiger partial charge in [0.05, 0.1) is 0 Å². The van der Waals surface area contributed by atoms with Gasteiger partial charge in [0, 0.05) is 5.90 Å². The maximum Gasteiger partial charge on any atom is 0.311 e. The summed E-state index contributed by atoms with van der Waals surface area (Å²) in [5.74, 6) is -0.335. The van der Waals surface area contributed by atoms with Gasteiger partial charge in [-0.05, 0) is 11.1 Å². The Kier molecular flexibility index (Phi) is 3.46. The number of aliphatic imine (C=N–C) groups is 2. The lowest BCUT2D eigenvalue weighted by Crippen LogP contribution is -2.20. The van der Waals surface area contributed by atoms with Crippen molar-refractivity contribution in [2.75, 3.05) is 6.61 Å². The minimum absolute atomic E-state index is 0.0847. The van der Waals surface area contributed by atoms with Gasteiger partial charge in [-0.15, -0.1) is 0 Å². The zero-order valence-electron chi connectivity index (χ0n) is 10.8. The van der Waals surface area contributed by atoms with E-state index in [0.29, 0.717) is 12.2 Å². The van der Waals surface area contributed by atoms with Crippen LogP contribution in [0.5, 0.6) is 0 Å². The number of rotatable bonds is 2. The van der Waals surface area contributed by atoms with Gasteiger partial charge in [0.15, 0.2) is 0 Å². The predicted molar refractivity (Wildman–Crippen MR) is 75.5 cm³/mol. The minimum Gasteiger partial charge on any atom is -0.858 e. The van der Waals surface area contributed by atoms with Crippen LogP contribution in [0.3, 0.4) is 0 Å². The van der Waals surface area contributed by atoms with Gasteiger partial charge in [-0.1, -0.05) is 60.7 Å². The molecule has 0 N–H and O–H groups in total. The summed E-state index contributed by atoms with van der Waals surface area (Å²) in [5.41, 5.74) is 1.59. The Morgan fingerprint density at radius 3 is 2.40 bits per heavy atom. The molecule has 20 heavy (non-hydrogen) atoms. The molecular formula is C16H13N2O2-. The molecule has 0 saturated carbocycles. The number of hydrogen-bond acceptors (Lipinski definition) is 4. The molecule has 100 valence electrons. The highest BCUT2D eigenvalue weighted by molar-refractivity contribution is 5.98. The number of benzene rings is 2. The molecule has 2 aromatic carbocycles. The van der Waals surface area contributed by atoms with Crippen LogP contribution in [0.4, 0.5) is 0 Å². The van der Waals surface area contributed by atoms with E-state index in [0.717, 1.165) is 5.56 Å². The van der Waals surface area contributed by atoms with Crippen LogP contribution >= 0.6 is 0 Å². The zero-order valence-corrected chi connectivity index (χ0v) is 10.8. The Morgan fingerprint density at radius 2 is 1.70 bits per heavy atom. The van der Waals surface area contributed by atoms with Crippen molar-refractivity contribution in [1.82, 2.24) is 0 Å². The third-order valence-electron chi connectivity index (χ3n) is 3.04. The van der Waals surface area contributed by atoms with Crippen molar-refractivity contribution in [3.8, 4) is 0 Å². The molecule has 1 aliphatic rings. The average Bonchev–Trinajstić information content (AvgIpc) is 2.97. The van der Waals surface area contributed by atoms with Crippen LogP contribution in [0, 0.1) is 0 Å². The first-order valence-electron chi connectivity index (χ1n) is 6.39. The smallest absolute Gasteiger partial charge is 0.311 e. The second-order valence-corrected chi connectivity index (χ2v) is 4.43. The molecule has 0 fully saturated rings. The molecule has 4 nitrogen and oxygen atoms in total. The molecule has 0 saturated heterocycles. The van der Waals surface area contributed by atoms with Crippen molar-refractivity contribution in [2.24, 2.45) is 9.98 Å². The van der Waals surface area contributed by atoms with E-state index in [9.17, 15) is 5.11 Å². The molecule has 2 aromatic rings. The summed E-state index contributed by atoms with van der Waals surface area (Å²) in [6.07, 6.45) is 0. The fourth-order valence-corrected chi connectivity index (χ4v) is 2.00. The van der Waals surface area contributed by atoms with E-state index in [-0.39, 0.29) is 18.0 Å². The summed E-state index contributed by atoms with van der Waals surface area (Å²) in [6.45, 7) is 0.422. The van der Waals surface area contributed by atoms with Crippen LogP contribution in [-0.4, -0.2) is 18.5 Å². The Morgan fingerprint density at radius 1 is 1.05 bits per heavy atom. The third-order valence-corrected chi connectivity index (χ3v) is 3.04. The summed E-state index contributed by atoms with van der Waals surface area (Å²) in [7, 11) is 0. The highest BCUT2D eigenvalue weighted by Crippen LogP contribution is 2.22. The van der Waals surface area contributed by atoms with Crippen molar-refractivity contribution in [3.63, 3.8) is 0 Å². The maximum atomic E-state index is 11.9. The summed E-state index contributed by atoms with van der Waals surface area (Å²) in [6, 6.07) is 18.8. The van der Waals surface area contributed by atoms with Gasteiger partial charge in [-0.3, -0.25) is 0 Å². The Balaban J connectivity index is 1.79. The molecule has 0 aliphatic carbocycles. The molecule has 0 aromatic heterocycles. The van der Waals surface area contributed by atoms with Gasteiger partial charge in [0.1, 0.15) is 12.6 Å². The van der Waals surface area contributed by atoms with Crippen molar-refractivity contribution in [3.05, 3.63) is 71.8 Å². The Labute approximate surface area is 117 Å². The van der Waals surface area contributed by atoms with Crippen molar-refractivity contribution in [2.45, 2.75) is 6.04 Å². The van der Waals surface area contributed by atoms with Crippen LogP contribution in [0.1, 0.15) is 17.2 Å². The van der Waals surface area contributed by atoms with E-state index < -0.39 is 0 Å². The van der Waals surface area contributed by atoms with E-state index in [1.54, 1.807) is 24.3 Å². The Bertz CT molecular complexity index is 636. The second-order valence-electron chi connectivity index (χ2n) is 4.43. The lowest BCUT2D eigenvalue weighted by atomic mass is 10.1. The first-order chi connectivity index (χ1) is 9.83. The average molecular weight is 265 g/mol. The number of amidine groups is 1. The van der Waals surface area contributed by atoms with Crippen molar-refractivity contribution in [1.29, 1.82) is 0 Å². The van der Waals surface area contributed by atoms with Crippen LogP contribution in [0.15, 0.2) is 70.6 Å². The molecule has 3 rings (SSSR count). The van der Waals surface area contributed by atoms with Gasteiger partial charge in [0.25, 0.3) is 0 Å². The van der Waals surface area contributed by atoms with E-state index in [1.165, 1.54) is 0 Å². The lowest BCUT2D eigenvalue weighted by molar-refractivity contribution is -0.212. The van der Waals surface area contributed by atoms with E-state index >= 15 is 0 Å². The third kappa shape index (κ3) is 2.69. The molecule has 1 aliphatic heterocycles. The fourth-order valence-electron chi connectivity index (χ4n) is 2.00. The van der Waals surface area contributed by atoms with Gasteiger partial charge in [-0.25, -0.2) is 9.98 Å². The molecule has 0 bridgehead atoms. The molecule has 4 heteroatoms. The van der Waals surface area contributed by atoms with E-state index in [1.807, 2.05) is 36.4 Å². The molecule has 1 heterocycles. The van der Waals surface area contributed by atoms with Gasteiger partial charge >= 0.3 is 6.02 Å². The van der Waals surface area contributed by atoms with Gasteiger partial charge in [-0.2, -0.15) is 0 Å². The zero-order chi connectivity index (χ0) is 13.8. The molecule has 0 amide bonds. The van der Waals surface area contributed by atoms with Crippen LogP contribution < -0.4 is 5.11 Å². The van der Waals surface area contributed by atoms with Gasteiger partial charge < -0.3 is 9.84 Å².